The largest absolute Gasteiger partial charge is 0.349 e. The summed E-state index contributed by atoms with van der Waals surface area (Å²) in [6, 6.07) is 6.60. The molecule has 2 N–H and O–H groups in total. The van der Waals surface area contributed by atoms with Crippen molar-refractivity contribution in [3.8, 4) is 0 Å². The minimum Gasteiger partial charge on any atom is -0.349 e. The van der Waals surface area contributed by atoms with E-state index in [1.54, 1.807) is 0 Å². The number of hydrogen-bond acceptors (Lipinski definition) is 4. The smallest absolute Gasteiger partial charge is 0.263 e. The van der Waals surface area contributed by atoms with Crippen LogP contribution >= 0.6 is 11.3 Å². The van der Waals surface area contributed by atoms with Gasteiger partial charge in [0.25, 0.3) is 5.91 Å². The van der Waals surface area contributed by atoms with Gasteiger partial charge in [0.05, 0.1) is 5.69 Å². The van der Waals surface area contributed by atoms with Gasteiger partial charge in [-0.1, -0.05) is 41.9 Å². The summed E-state index contributed by atoms with van der Waals surface area (Å²) in [5, 5.41) is 7.24. The molecular formula is C18H23N3OS. The van der Waals surface area contributed by atoms with E-state index in [1.807, 2.05) is 6.92 Å². The maximum absolute atomic E-state index is 12.4. The number of anilines is 2. The summed E-state index contributed by atoms with van der Waals surface area (Å²) in [5.74, 6) is 0.0144. The lowest BCUT2D eigenvalue weighted by Gasteiger charge is -2.10. The first kappa shape index (κ1) is 16.0. The predicted molar refractivity (Wildman–Crippen MR) is 95.8 cm³/mol. The summed E-state index contributed by atoms with van der Waals surface area (Å²) >= 11 is 1.42. The molecule has 1 saturated carbocycles. The van der Waals surface area contributed by atoms with Crippen molar-refractivity contribution < 1.29 is 4.79 Å². The highest BCUT2D eigenvalue weighted by molar-refractivity contribution is 7.17. The van der Waals surface area contributed by atoms with E-state index in [0.717, 1.165) is 29.4 Å². The molecule has 1 amide bonds. The molecule has 2 aromatic rings. The summed E-state index contributed by atoms with van der Waals surface area (Å²) in [4.78, 5) is 17.7. The Labute approximate surface area is 141 Å². The fourth-order valence-electron chi connectivity index (χ4n) is 3.05. The number of thiazole rings is 1. The second-order valence-electron chi connectivity index (χ2n) is 6.33. The minimum atomic E-state index is 0.0144. The van der Waals surface area contributed by atoms with Crippen molar-refractivity contribution in [1.82, 2.24) is 10.3 Å². The van der Waals surface area contributed by atoms with E-state index >= 15 is 0 Å². The number of rotatable bonds is 4. The van der Waals surface area contributed by atoms with E-state index in [0.29, 0.717) is 10.9 Å². The fourth-order valence-corrected chi connectivity index (χ4v) is 3.93. The number of nitrogens with one attached hydrogen (secondary N) is 2. The highest BCUT2D eigenvalue weighted by atomic mass is 32.1. The molecule has 0 spiro atoms. The second kappa shape index (κ2) is 6.71. The van der Waals surface area contributed by atoms with E-state index in [2.05, 4.69) is 47.7 Å². The zero-order valence-electron chi connectivity index (χ0n) is 13.9. The Hall–Kier alpha value is -1.88. The van der Waals surface area contributed by atoms with E-state index in [4.69, 9.17) is 0 Å². The molecular weight excluding hydrogens is 306 g/mol. The van der Waals surface area contributed by atoms with Gasteiger partial charge in [-0.3, -0.25) is 4.79 Å². The van der Waals surface area contributed by atoms with Crippen molar-refractivity contribution in [2.45, 2.75) is 52.5 Å². The van der Waals surface area contributed by atoms with Crippen molar-refractivity contribution >= 4 is 28.1 Å². The van der Waals surface area contributed by atoms with Crippen LogP contribution in [0, 0.1) is 20.8 Å². The molecule has 0 radical (unpaired) electrons. The molecule has 0 saturated heterocycles. The van der Waals surface area contributed by atoms with E-state index < -0.39 is 0 Å². The molecule has 0 bridgehead atoms. The minimum absolute atomic E-state index is 0.0144. The number of aryl methyl sites for hydroxylation is 3. The maximum atomic E-state index is 12.4. The summed E-state index contributed by atoms with van der Waals surface area (Å²) in [7, 11) is 0. The molecule has 0 atom stereocenters. The number of amides is 1. The van der Waals surface area contributed by atoms with Gasteiger partial charge in [0.2, 0.25) is 0 Å². The van der Waals surface area contributed by atoms with E-state index in [9.17, 15) is 4.79 Å². The molecule has 1 aromatic carbocycles. The van der Waals surface area contributed by atoms with Gasteiger partial charge in [-0.15, -0.1) is 0 Å². The molecule has 4 nitrogen and oxygen atoms in total. The zero-order chi connectivity index (χ0) is 16.4. The lowest BCUT2D eigenvalue weighted by Crippen LogP contribution is -2.32. The standard InChI is InChI=1S/C18H23N3OS/c1-11-8-9-15(12(2)10-11)21-18-19-13(3)16(23-18)17(22)20-14-6-4-5-7-14/h8-10,14H,4-7H2,1-3H3,(H,19,21)(H,20,22). The van der Waals surface area contributed by atoms with Crippen molar-refractivity contribution in [3.05, 3.63) is 39.9 Å². The predicted octanol–water partition coefficient (Wildman–Crippen LogP) is 4.48. The van der Waals surface area contributed by atoms with Crippen LogP contribution < -0.4 is 10.6 Å². The average Bonchev–Trinajstić information content (AvgIpc) is 3.11. The molecule has 0 unspecified atom stereocenters. The molecule has 0 aliphatic heterocycles. The molecule has 1 aliphatic carbocycles. The molecule has 3 rings (SSSR count). The van der Waals surface area contributed by atoms with Crippen LogP contribution in [0.3, 0.4) is 0 Å². The first-order valence-corrected chi connectivity index (χ1v) is 8.97. The first-order chi connectivity index (χ1) is 11.0. The highest BCUT2D eigenvalue weighted by Crippen LogP contribution is 2.28. The van der Waals surface area contributed by atoms with Gasteiger partial charge in [-0.25, -0.2) is 4.98 Å². The second-order valence-corrected chi connectivity index (χ2v) is 7.33. The highest BCUT2D eigenvalue weighted by Gasteiger charge is 2.21. The topological polar surface area (TPSA) is 54.0 Å². The van der Waals surface area contributed by atoms with Gasteiger partial charge in [0, 0.05) is 11.7 Å². The van der Waals surface area contributed by atoms with Gasteiger partial charge in [-0.2, -0.15) is 0 Å². The third kappa shape index (κ3) is 3.72. The van der Waals surface area contributed by atoms with Crippen LogP contribution in [-0.4, -0.2) is 16.9 Å². The molecule has 1 aromatic heterocycles. The van der Waals surface area contributed by atoms with Gasteiger partial charge < -0.3 is 10.6 Å². The molecule has 23 heavy (non-hydrogen) atoms. The zero-order valence-corrected chi connectivity index (χ0v) is 14.7. The molecule has 1 heterocycles. The third-order valence-corrected chi connectivity index (χ3v) is 5.39. The molecule has 122 valence electrons. The lowest BCUT2D eigenvalue weighted by molar-refractivity contribution is 0.0941. The summed E-state index contributed by atoms with van der Waals surface area (Å²) in [6.45, 7) is 6.05. The number of benzene rings is 1. The first-order valence-electron chi connectivity index (χ1n) is 8.15. The number of hydrogen-bond donors (Lipinski definition) is 2. The molecule has 1 fully saturated rings. The van der Waals surface area contributed by atoms with Crippen molar-refractivity contribution in [2.24, 2.45) is 0 Å². The van der Waals surface area contributed by atoms with Gasteiger partial charge in [-0.05, 0) is 45.2 Å². The summed E-state index contributed by atoms with van der Waals surface area (Å²) < 4.78 is 0. The van der Waals surface area contributed by atoms with Crippen LogP contribution in [0.2, 0.25) is 0 Å². The monoisotopic (exact) mass is 329 g/mol. The Morgan fingerprint density at radius 2 is 1.96 bits per heavy atom. The Morgan fingerprint density at radius 3 is 2.65 bits per heavy atom. The average molecular weight is 329 g/mol. The van der Waals surface area contributed by atoms with Crippen LogP contribution in [-0.2, 0) is 0 Å². The Kier molecular flexibility index (Phi) is 4.66. The van der Waals surface area contributed by atoms with E-state index in [1.165, 1.54) is 35.3 Å². The number of nitrogens with zero attached hydrogens (tertiary/aromatic N) is 1. The fraction of sp³-hybridized carbons (Fsp3) is 0.444. The maximum Gasteiger partial charge on any atom is 0.263 e. The molecule has 1 aliphatic rings. The lowest BCUT2D eigenvalue weighted by atomic mass is 10.1. The van der Waals surface area contributed by atoms with Crippen molar-refractivity contribution in [3.63, 3.8) is 0 Å². The van der Waals surface area contributed by atoms with Crippen molar-refractivity contribution in [1.29, 1.82) is 0 Å². The van der Waals surface area contributed by atoms with Crippen LogP contribution in [0.4, 0.5) is 10.8 Å². The van der Waals surface area contributed by atoms with Crippen LogP contribution in [0.5, 0.6) is 0 Å². The number of aromatic nitrogens is 1. The Balaban J connectivity index is 1.73. The van der Waals surface area contributed by atoms with Crippen LogP contribution in [0.25, 0.3) is 0 Å². The van der Waals surface area contributed by atoms with Gasteiger partial charge >= 0.3 is 0 Å². The van der Waals surface area contributed by atoms with Crippen LogP contribution in [0.1, 0.15) is 52.2 Å². The quantitative estimate of drug-likeness (QED) is 0.869. The number of carbonyl (C=O) groups excluding carboxylic acids is 1. The third-order valence-electron chi connectivity index (χ3n) is 4.32. The van der Waals surface area contributed by atoms with Gasteiger partial charge in [0.1, 0.15) is 4.88 Å². The Morgan fingerprint density at radius 1 is 1.22 bits per heavy atom. The van der Waals surface area contributed by atoms with E-state index in [-0.39, 0.29) is 5.91 Å². The van der Waals surface area contributed by atoms with Crippen LogP contribution in [0.15, 0.2) is 18.2 Å². The summed E-state index contributed by atoms with van der Waals surface area (Å²) in [6.07, 6.45) is 4.62. The SMILES string of the molecule is Cc1ccc(Nc2nc(C)c(C(=O)NC3CCCC3)s2)c(C)c1. The Bertz CT molecular complexity index is 717. The summed E-state index contributed by atoms with van der Waals surface area (Å²) in [5.41, 5.74) is 4.24. The normalized spacial score (nSPS) is 14.9. The van der Waals surface area contributed by atoms with Gasteiger partial charge in [0.15, 0.2) is 5.13 Å². The number of carbonyl (C=O) groups is 1. The van der Waals surface area contributed by atoms with Crippen molar-refractivity contribution in [2.75, 3.05) is 5.32 Å². The molecule has 5 heteroatoms.